The molecule has 0 saturated carbocycles. The quantitative estimate of drug-likeness (QED) is 0.537. The molecule has 6 heteroatoms. The number of nitrogens with one attached hydrogen (secondary N) is 2. The Morgan fingerprint density at radius 1 is 0.970 bits per heavy atom. The van der Waals surface area contributed by atoms with Gasteiger partial charge in [0.25, 0.3) is 0 Å². The van der Waals surface area contributed by atoms with E-state index >= 15 is 0 Å². The fourth-order valence-electron chi connectivity index (χ4n) is 4.48. The molecule has 2 aliphatic heterocycles. The Bertz CT molecular complexity index is 820. The first-order chi connectivity index (χ1) is 16.1. The van der Waals surface area contributed by atoms with Gasteiger partial charge >= 0.3 is 0 Å². The van der Waals surface area contributed by atoms with Crippen LogP contribution in [0, 0.1) is 6.92 Å². The molecule has 0 spiro atoms. The van der Waals surface area contributed by atoms with Gasteiger partial charge in [0.15, 0.2) is 0 Å². The van der Waals surface area contributed by atoms with E-state index in [-0.39, 0.29) is 0 Å². The average Bonchev–Trinajstić information content (AvgIpc) is 2.86. The third kappa shape index (κ3) is 8.60. The van der Waals surface area contributed by atoms with Crippen LogP contribution < -0.4 is 15.5 Å². The predicted octanol–water partition coefficient (Wildman–Crippen LogP) is 4.43. The van der Waals surface area contributed by atoms with E-state index in [1.807, 2.05) is 34.1 Å². The molecule has 5 nitrogen and oxygen atoms in total. The van der Waals surface area contributed by atoms with E-state index in [4.69, 9.17) is 0 Å². The highest BCUT2D eigenvalue weighted by Crippen LogP contribution is 2.29. The number of aryl methyl sites for hydroxylation is 3. The summed E-state index contributed by atoms with van der Waals surface area (Å²) in [6.45, 7) is 12.6. The Morgan fingerprint density at radius 2 is 1.67 bits per heavy atom. The number of thiol groups is 1. The van der Waals surface area contributed by atoms with Crippen LogP contribution in [0.15, 0.2) is 30.5 Å². The van der Waals surface area contributed by atoms with Gasteiger partial charge in [-0.2, -0.15) is 0 Å². The number of hydrogen-bond donors (Lipinski definition) is 3. The Morgan fingerprint density at radius 3 is 2.39 bits per heavy atom. The molecule has 0 atom stereocenters. The first-order valence-electron chi connectivity index (χ1n) is 12.7. The van der Waals surface area contributed by atoms with E-state index in [9.17, 15) is 0 Å². The summed E-state index contributed by atoms with van der Waals surface area (Å²) in [4.78, 5) is 6.94. The van der Waals surface area contributed by atoms with Crippen molar-refractivity contribution in [3.05, 3.63) is 58.4 Å². The van der Waals surface area contributed by atoms with E-state index in [1.165, 1.54) is 53.8 Å². The maximum absolute atomic E-state index is 4.46. The van der Waals surface area contributed by atoms with Crippen molar-refractivity contribution in [1.82, 2.24) is 19.9 Å². The largest absolute Gasteiger partial charge is 0.369 e. The molecule has 1 aromatic carbocycles. The van der Waals surface area contributed by atoms with Gasteiger partial charge < -0.3 is 15.5 Å². The molecule has 1 fully saturated rings. The van der Waals surface area contributed by atoms with Gasteiger partial charge in [0.05, 0.1) is 0 Å². The third-order valence-corrected chi connectivity index (χ3v) is 6.33. The molecule has 0 unspecified atom stereocenters. The Balaban J connectivity index is 0.000000208. The van der Waals surface area contributed by atoms with Crippen molar-refractivity contribution in [2.24, 2.45) is 0 Å². The Labute approximate surface area is 207 Å². The molecule has 3 aliphatic rings. The molecule has 33 heavy (non-hydrogen) atoms. The summed E-state index contributed by atoms with van der Waals surface area (Å²) in [6.07, 6.45) is 8.20. The van der Waals surface area contributed by atoms with Gasteiger partial charge in [0.2, 0.25) is 0 Å². The van der Waals surface area contributed by atoms with E-state index in [1.54, 1.807) is 5.56 Å². The topological polar surface area (TPSA) is 43.4 Å². The number of fused-ring (bicyclic) bond motifs is 2. The number of anilines is 1. The van der Waals surface area contributed by atoms with Gasteiger partial charge in [-0.1, -0.05) is 44.9 Å². The van der Waals surface area contributed by atoms with Crippen LogP contribution in [0.3, 0.4) is 0 Å². The highest BCUT2D eigenvalue weighted by Gasteiger charge is 2.20. The van der Waals surface area contributed by atoms with E-state index < -0.39 is 0 Å². The minimum absolute atomic E-state index is 0.971. The molecule has 5 rings (SSSR count). The maximum atomic E-state index is 4.46. The van der Waals surface area contributed by atoms with Crippen molar-refractivity contribution in [2.45, 2.75) is 59.4 Å². The van der Waals surface area contributed by atoms with Gasteiger partial charge in [-0.05, 0) is 81.4 Å². The smallest absolute Gasteiger partial charge is 0.0435 e. The van der Waals surface area contributed by atoms with Crippen molar-refractivity contribution in [2.75, 3.05) is 51.7 Å². The number of hydrogen-bond acceptors (Lipinski definition) is 6. The summed E-state index contributed by atoms with van der Waals surface area (Å²) < 4.78 is 2.10. The lowest BCUT2D eigenvalue weighted by molar-refractivity contribution is 0.449. The van der Waals surface area contributed by atoms with Gasteiger partial charge in [-0.3, -0.25) is 4.98 Å². The number of aromatic nitrogens is 1. The number of piperazine rings is 1. The minimum atomic E-state index is 0.971. The fraction of sp³-hybridized carbons (Fsp3) is 0.593. The molecule has 1 aliphatic carbocycles. The maximum Gasteiger partial charge on any atom is 0.0435 e. The first-order valence-corrected chi connectivity index (χ1v) is 13.1. The lowest BCUT2D eigenvalue weighted by Gasteiger charge is -2.34. The second-order valence-electron chi connectivity index (χ2n) is 8.62. The molecule has 1 saturated heterocycles. The van der Waals surface area contributed by atoms with Crippen molar-refractivity contribution < 1.29 is 0 Å². The summed E-state index contributed by atoms with van der Waals surface area (Å²) in [5.74, 6) is 0. The molecule has 1 aromatic heterocycles. The lowest BCUT2D eigenvalue weighted by Crippen LogP contribution is -2.44. The predicted molar refractivity (Wildman–Crippen MR) is 147 cm³/mol. The molecular weight excluding hydrogens is 426 g/mol. The van der Waals surface area contributed by atoms with Crippen LogP contribution in [-0.2, 0) is 25.8 Å². The zero-order chi connectivity index (χ0) is 24.1. The number of pyridine rings is 1. The Kier molecular flexibility index (Phi) is 12.8. The van der Waals surface area contributed by atoms with E-state index in [2.05, 4.69) is 68.8 Å². The van der Waals surface area contributed by atoms with Crippen LogP contribution in [0.2, 0.25) is 0 Å². The van der Waals surface area contributed by atoms with Gasteiger partial charge in [-0.25, -0.2) is 4.31 Å². The van der Waals surface area contributed by atoms with Crippen LogP contribution in [0.25, 0.3) is 0 Å². The zero-order valence-corrected chi connectivity index (χ0v) is 22.3. The van der Waals surface area contributed by atoms with Gasteiger partial charge in [0.1, 0.15) is 0 Å². The van der Waals surface area contributed by atoms with Crippen LogP contribution in [-0.4, -0.2) is 56.1 Å². The second-order valence-corrected chi connectivity index (χ2v) is 9.18. The van der Waals surface area contributed by atoms with Crippen molar-refractivity contribution in [3.8, 4) is 0 Å². The summed E-state index contributed by atoms with van der Waals surface area (Å²) in [7, 11) is 3.75. The summed E-state index contributed by atoms with van der Waals surface area (Å²) in [5, 5.41) is 6.16. The number of rotatable bonds is 1. The Hall–Kier alpha value is -1.60. The molecule has 3 heterocycles. The van der Waals surface area contributed by atoms with Crippen LogP contribution in [0.1, 0.15) is 54.6 Å². The third-order valence-electron chi connectivity index (χ3n) is 5.99. The lowest BCUT2D eigenvalue weighted by atomic mass is 9.95. The van der Waals surface area contributed by atoms with Crippen molar-refractivity contribution >= 4 is 18.5 Å². The second kappa shape index (κ2) is 15.3. The molecule has 0 bridgehead atoms. The van der Waals surface area contributed by atoms with Gasteiger partial charge in [0, 0.05) is 56.8 Å². The standard InChI is InChI=1S/C13H19N3S.C10H13N.C2H7N.C2H6/c17-16-7-4-12-11(10-16)2-1-3-13(12)15-8-5-14-6-9-15;1-8-6-9-4-2-3-5-10(9)11-7-8;1-3-2;1-2/h1-3,14,17H,4-10H2;6-7H,2-5H2,1H3;3H,1-2H3;1-2H3. The molecule has 184 valence electrons. The summed E-state index contributed by atoms with van der Waals surface area (Å²) in [6, 6.07) is 8.98. The van der Waals surface area contributed by atoms with Crippen LogP contribution in [0.5, 0.6) is 0 Å². The first kappa shape index (κ1) is 27.6. The van der Waals surface area contributed by atoms with Crippen molar-refractivity contribution in [1.29, 1.82) is 0 Å². The van der Waals surface area contributed by atoms with E-state index in [0.717, 1.165) is 45.7 Å². The summed E-state index contributed by atoms with van der Waals surface area (Å²) in [5.41, 5.74) is 8.55. The minimum Gasteiger partial charge on any atom is -0.369 e. The normalized spacial score (nSPS) is 17.1. The molecule has 0 amide bonds. The molecule has 2 aromatic rings. The zero-order valence-electron chi connectivity index (χ0n) is 21.5. The highest BCUT2D eigenvalue weighted by atomic mass is 32.1. The van der Waals surface area contributed by atoms with Gasteiger partial charge in [-0.15, -0.1) is 0 Å². The average molecular weight is 472 g/mol. The number of benzene rings is 1. The van der Waals surface area contributed by atoms with Crippen LogP contribution in [0.4, 0.5) is 5.69 Å². The SMILES string of the molecule is CC.CNC.Cc1cnc2c(c1)CCCC2.SN1CCc2c(cccc2N2CCNCC2)C1. The fourth-order valence-corrected chi connectivity index (χ4v) is 4.74. The summed E-state index contributed by atoms with van der Waals surface area (Å²) >= 11 is 4.46. The highest BCUT2D eigenvalue weighted by molar-refractivity contribution is 7.77. The number of nitrogens with zero attached hydrogens (tertiary/aromatic N) is 3. The monoisotopic (exact) mass is 471 g/mol. The van der Waals surface area contributed by atoms with E-state index in [0.29, 0.717) is 0 Å². The molecule has 0 radical (unpaired) electrons. The molecule has 2 N–H and O–H groups in total. The molecular formula is C27H45N5S. The van der Waals surface area contributed by atoms with Crippen LogP contribution >= 0.6 is 12.8 Å². The van der Waals surface area contributed by atoms with Crippen molar-refractivity contribution in [3.63, 3.8) is 0 Å².